The third kappa shape index (κ3) is 11.9. The van der Waals surface area contributed by atoms with Crippen LogP contribution in [0.2, 0.25) is 0 Å². The predicted molar refractivity (Wildman–Crippen MR) is 407 cm³/mol. The standard InChI is InChI=1S/5C14H10N2O2.C14H9NO2/c15-7-1-3-9-11(5-7)14(18)10-4-2-8(16)6-12(10)13(9)17;15-9-5-1-3-7-11(9)14(18)8-4-2-6-10(16)12(8)13(7)17;15-9-5-1-3-7-11(9)14(18)12-8(13(7)17)4-2-6-10(12)16;15-9-5-6-10(16)12-11(9)13(17)7-3-1-2-4-8(7)14(12)18;15-10-6-5-9-11(12(10)16)14(18)8-4-2-1-3-7(8)13(9)17;15-11-7-3-6-10-12(11)14(17)9-5-2-1-4-8(9)13(10)16/h5*1-6H,15-16H2;1-7H,15H2. The van der Waals surface area contributed by atoms with E-state index < -0.39 is 0 Å². The molecule has 22 N–H and O–H groups in total. The number of nitrogens with two attached hydrogens (primary N) is 11. The second-order valence-corrected chi connectivity index (χ2v) is 25.0. The van der Waals surface area contributed by atoms with Crippen LogP contribution in [0.25, 0.3) is 0 Å². The fourth-order valence-corrected chi connectivity index (χ4v) is 13.4. The number of nitrogen functional groups attached to an aromatic ring is 11. The van der Waals surface area contributed by atoms with E-state index in [4.69, 9.17) is 63.1 Å². The molecule has 0 amide bonds. The zero-order chi connectivity index (χ0) is 76.3. The van der Waals surface area contributed by atoms with Crippen molar-refractivity contribution in [1.29, 1.82) is 0 Å². The molecule has 522 valence electrons. The highest BCUT2D eigenvalue weighted by Gasteiger charge is 2.38. The van der Waals surface area contributed by atoms with Gasteiger partial charge in [-0.15, -0.1) is 0 Å². The quantitative estimate of drug-likeness (QED) is 0.0628. The minimum Gasteiger partial charge on any atom is -0.399 e. The normalized spacial score (nSPS) is 13.1. The Morgan fingerprint density at radius 2 is 0.336 bits per heavy atom. The largest absolute Gasteiger partial charge is 0.399 e. The fraction of sp³-hybridized carbons (Fsp3) is 0. The lowest BCUT2D eigenvalue weighted by Crippen LogP contribution is -2.23. The van der Waals surface area contributed by atoms with Gasteiger partial charge in [0.25, 0.3) is 0 Å². The molecule has 0 bridgehead atoms. The van der Waals surface area contributed by atoms with Crippen molar-refractivity contribution in [3.63, 3.8) is 0 Å². The molecular weight excluding hydrogens is 1350 g/mol. The van der Waals surface area contributed by atoms with Gasteiger partial charge in [0.15, 0.2) is 69.4 Å². The van der Waals surface area contributed by atoms with Gasteiger partial charge in [-0.3, -0.25) is 57.5 Å². The number of carbonyl (C=O) groups is 12. The van der Waals surface area contributed by atoms with Gasteiger partial charge in [0.05, 0.1) is 55.9 Å². The summed E-state index contributed by atoms with van der Waals surface area (Å²) in [6, 6.07) is 60.3. The highest BCUT2D eigenvalue weighted by molar-refractivity contribution is 6.35. The summed E-state index contributed by atoms with van der Waals surface area (Å²) in [7, 11) is 0. The summed E-state index contributed by atoms with van der Waals surface area (Å²) in [5.41, 5.74) is 75.0. The van der Waals surface area contributed by atoms with Crippen LogP contribution in [0.4, 0.5) is 62.6 Å². The molecule has 0 aliphatic heterocycles. The summed E-state index contributed by atoms with van der Waals surface area (Å²) < 4.78 is 0. The summed E-state index contributed by atoms with van der Waals surface area (Å²) >= 11 is 0. The molecule has 0 atom stereocenters. The summed E-state index contributed by atoms with van der Waals surface area (Å²) in [6.07, 6.45) is 0. The van der Waals surface area contributed by atoms with E-state index in [9.17, 15) is 57.5 Å². The first kappa shape index (κ1) is 69.9. The van der Waals surface area contributed by atoms with Gasteiger partial charge in [-0.25, -0.2) is 0 Å². The highest BCUT2D eigenvalue weighted by atomic mass is 16.2. The summed E-state index contributed by atoms with van der Waals surface area (Å²) in [4.78, 5) is 148. The number of ketones is 12. The zero-order valence-corrected chi connectivity index (χ0v) is 56.1. The van der Waals surface area contributed by atoms with Gasteiger partial charge in [-0.05, 0) is 91.0 Å². The molecule has 0 fully saturated rings. The maximum atomic E-state index is 12.4. The summed E-state index contributed by atoms with van der Waals surface area (Å²) in [6.45, 7) is 0. The maximum Gasteiger partial charge on any atom is 0.198 e. The minimum atomic E-state index is -0.282. The topological polar surface area (TPSA) is 491 Å². The van der Waals surface area contributed by atoms with Gasteiger partial charge in [0.1, 0.15) is 0 Å². The van der Waals surface area contributed by atoms with Gasteiger partial charge >= 0.3 is 0 Å². The molecular formula is C84H59N11O12. The molecule has 6 aliphatic carbocycles. The monoisotopic (exact) mass is 1410 g/mol. The Hall–Kier alpha value is -15.5. The van der Waals surface area contributed by atoms with Gasteiger partial charge in [-0.1, -0.05) is 133 Å². The maximum absolute atomic E-state index is 12.4. The molecule has 0 heterocycles. The third-order valence-electron chi connectivity index (χ3n) is 18.6. The zero-order valence-electron chi connectivity index (χ0n) is 56.1. The van der Waals surface area contributed by atoms with Crippen LogP contribution < -0.4 is 63.1 Å². The third-order valence-corrected chi connectivity index (χ3v) is 18.6. The number of hydrogen-bond donors (Lipinski definition) is 11. The van der Waals surface area contributed by atoms with Crippen molar-refractivity contribution in [2.45, 2.75) is 0 Å². The first-order valence-electron chi connectivity index (χ1n) is 32.6. The van der Waals surface area contributed by atoms with E-state index in [1.807, 2.05) is 0 Å². The van der Waals surface area contributed by atoms with Gasteiger partial charge < -0.3 is 63.1 Å². The SMILES string of the molecule is Nc1ccc(N)c2c1C(=O)c1ccccc1C2=O.Nc1ccc2c(c1)C(=O)c1ccc(N)cc1C2=O.Nc1ccc2c(c1N)C(=O)c1ccccc1C2=O.Nc1cccc2c1C(=O)c1c(N)cccc1C2=O.Nc1cccc2c1C(=O)c1cccc(N)c1C2=O.Nc1cccc2c1C(=O)c1ccccc1C2=O. The lowest BCUT2D eigenvalue weighted by Gasteiger charge is -2.20. The Balaban J connectivity index is 0.000000113. The Morgan fingerprint density at radius 3 is 0.664 bits per heavy atom. The highest BCUT2D eigenvalue weighted by Crippen LogP contribution is 2.39. The van der Waals surface area contributed by atoms with Gasteiger partial charge in [0, 0.05) is 140 Å². The molecule has 0 aromatic heterocycles. The van der Waals surface area contributed by atoms with Crippen molar-refractivity contribution in [2.75, 3.05) is 63.1 Å². The number of carbonyl (C=O) groups excluding carboxylic acids is 12. The molecule has 107 heavy (non-hydrogen) atoms. The number of fused-ring (bicyclic) bond motifs is 12. The molecule has 23 nitrogen and oxygen atoms in total. The molecule has 6 aliphatic rings. The Bertz CT molecular complexity index is 5800. The Morgan fingerprint density at radius 1 is 0.140 bits per heavy atom. The van der Waals surface area contributed by atoms with E-state index in [0.29, 0.717) is 140 Å². The lowest BCUT2D eigenvalue weighted by molar-refractivity contribution is 0.0979. The first-order chi connectivity index (χ1) is 51.2. The lowest BCUT2D eigenvalue weighted by atomic mass is 9.82. The van der Waals surface area contributed by atoms with E-state index in [-0.39, 0.29) is 125 Å². The van der Waals surface area contributed by atoms with Crippen LogP contribution in [0.15, 0.2) is 224 Å². The van der Waals surface area contributed by atoms with Crippen LogP contribution in [0.3, 0.4) is 0 Å². The fourth-order valence-electron chi connectivity index (χ4n) is 13.4. The molecule has 12 aromatic carbocycles. The number of anilines is 11. The van der Waals surface area contributed by atoms with E-state index in [1.54, 1.807) is 212 Å². The minimum absolute atomic E-state index is 0.137. The van der Waals surface area contributed by atoms with Crippen LogP contribution in [0, 0.1) is 0 Å². The van der Waals surface area contributed by atoms with E-state index in [2.05, 4.69) is 0 Å². The van der Waals surface area contributed by atoms with E-state index in [0.717, 1.165) is 0 Å². The molecule has 18 rings (SSSR count). The molecule has 12 aromatic rings. The van der Waals surface area contributed by atoms with Crippen molar-refractivity contribution in [3.8, 4) is 0 Å². The average molecular weight is 1410 g/mol. The first-order valence-corrected chi connectivity index (χ1v) is 32.6. The second-order valence-electron chi connectivity index (χ2n) is 25.0. The van der Waals surface area contributed by atoms with Crippen LogP contribution in [-0.4, -0.2) is 69.4 Å². The summed E-state index contributed by atoms with van der Waals surface area (Å²) in [5, 5.41) is 0. The molecule has 23 heteroatoms. The van der Waals surface area contributed by atoms with Crippen molar-refractivity contribution >= 4 is 132 Å². The average Bonchev–Trinajstić information content (AvgIpc) is 0.934. The van der Waals surface area contributed by atoms with Crippen LogP contribution >= 0.6 is 0 Å². The van der Waals surface area contributed by atoms with Gasteiger partial charge in [0.2, 0.25) is 0 Å². The van der Waals surface area contributed by atoms with Crippen LogP contribution in [-0.2, 0) is 0 Å². The second kappa shape index (κ2) is 27.4. The molecule has 0 saturated heterocycles. The van der Waals surface area contributed by atoms with E-state index in [1.165, 1.54) is 12.1 Å². The van der Waals surface area contributed by atoms with Crippen molar-refractivity contribution in [2.24, 2.45) is 0 Å². The van der Waals surface area contributed by atoms with Crippen LogP contribution in [0.1, 0.15) is 191 Å². The number of rotatable bonds is 0. The van der Waals surface area contributed by atoms with Crippen molar-refractivity contribution in [1.82, 2.24) is 0 Å². The van der Waals surface area contributed by atoms with Crippen LogP contribution in [0.5, 0.6) is 0 Å². The number of hydrogen-bond acceptors (Lipinski definition) is 23. The summed E-state index contributed by atoms with van der Waals surface area (Å²) in [5.74, 6) is -2.59. The molecule has 0 unspecified atom stereocenters. The van der Waals surface area contributed by atoms with Crippen molar-refractivity contribution in [3.05, 3.63) is 358 Å². The smallest absolute Gasteiger partial charge is 0.198 e. The molecule has 0 radical (unpaired) electrons. The molecule has 0 saturated carbocycles. The van der Waals surface area contributed by atoms with Crippen molar-refractivity contribution < 1.29 is 57.5 Å². The van der Waals surface area contributed by atoms with Gasteiger partial charge in [-0.2, -0.15) is 0 Å². The van der Waals surface area contributed by atoms with E-state index >= 15 is 0 Å². The predicted octanol–water partition coefficient (Wildman–Crippen LogP) is 10.2. The number of benzene rings is 12. The molecule has 0 spiro atoms. The Labute approximate surface area is 607 Å². The Kier molecular flexibility index (Phi) is 17.9.